The number of hydrogen-bond donors (Lipinski definition) is 1. The molecular formula is C14H9F3N2O3. The van der Waals surface area contributed by atoms with Gasteiger partial charge in [0, 0.05) is 24.0 Å². The smallest absolute Gasteiger partial charge is 0.416 e. The summed E-state index contributed by atoms with van der Waals surface area (Å²) in [6, 6.07) is 6.24. The minimum Gasteiger partial charge on any atom is -0.475 e. The molecule has 0 aliphatic carbocycles. The van der Waals surface area contributed by atoms with E-state index in [-0.39, 0.29) is 11.5 Å². The van der Waals surface area contributed by atoms with Crippen molar-refractivity contribution in [3.05, 3.63) is 41.7 Å². The molecule has 0 unspecified atom stereocenters. The molecule has 2 aromatic heterocycles. The number of aromatic nitrogens is 2. The molecule has 0 radical (unpaired) electrons. The number of halogens is 3. The molecule has 1 aromatic carbocycles. The predicted octanol–water partition coefficient (Wildman–Crippen LogP) is 3.55. The van der Waals surface area contributed by atoms with Crippen LogP contribution < -0.4 is 0 Å². The zero-order valence-electron chi connectivity index (χ0n) is 11.2. The third-order valence-corrected chi connectivity index (χ3v) is 3.36. The van der Waals surface area contributed by atoms with Crippen LogP contribution in [0.15, 0.2) is 34.9 Å². The Balaban J connectivity index is 2.15. The van der Waals surface area contributed by atoms with E-state index in [9.17, 15) is 18.0 Å². The molecule has 3 aromatic rings. The summed E-state index contributed by atoms with van der Waals surface area (Å²) in [5.74, 6) is -1.60. The summed E-state index contributed by atoms with van der Waals surface area (Å²) in [7, 11) is 1.58. The topological polar surface area (TPSA) is 68.3 Å². The van der Waals surface area contributed by atoms with Gasteiger partial charge < -0.3 is 14.2 Å². The third kappa shape index (κ3) is 2.22. The summed E-state index contributed by atoms with van der Waals surface area (Å²) in [4.78, 5) is 10.8. The number of rotatable bonds is 2. The largest absolute Gasteiger partial charge is 0.475 e. The maximum atomic E-state index is 12.8. The second-order valence-corrected chi connectivity index (χ2v) is 4.74. The van der Waals surface area contributed by atoms with Gasteiger partial charge in [-0.15, -0.1) is 0 Å². The fourth-order valence-corrected chi connectivity index (χ4v) is 2.25. The molecule has 8 heteroatoms. The summed E-state index contributed by atoms with van der Waals surface area (Å²) in [6.07, 6.45) is -4.43. The quantitative estimate of drug-likeness (QED) is 0.786. The maximum absolute atomic E-state index is 12.8. The van der Waals surface area contributed by atoms with Crippen molar-refractivity contribution < 1.29 is 27.6 Å². The predicted molar refractivity (Wildman–Crippen MR) is 70.4 cm³/mol. The molecule has 0 amide bonds. The molecule has 0 saturated carbocycles. The zero-order chi connectivity index (χ0) is 16.1. The summed E-state index contributed by atoms with van der Waals surface area (Å²) in [5, 5.41) is 13.0. The number of hydrogen-bond acceptors (Lipinski definition) is 3. The van der Waals surface area contributed by atoms with Crippen LogP contribution in [-0.2, 0) is 13.2 Å². The highest BCUT2D eigenvalue weighted by molar-refractivity contribution is 5.89. The summed E-state index contributed by atoms with van der Waals surface area (Å²) in [6.45, 7) is 0. The Morgan fingerprint density at radius 2 is 2.00 bits per heavy atom. The molecule has 5 nitrogen and oxygen atoms in total. The lowest BCUT2D eigenvalue weighted by Crippen LogP contribution is -2.04. The van der Waals surface area contributed by atoms with Crippen molar-refractivity contribution in [3.8, 4) is 11.4 Å². The van der Waals surface area contributed by atoms with Crippen molar-refractivity contribution in [1.29, 1.82) is 0 Å². The van der Waals surface area contributed by atoms with E-state index in [2.05, 4.69) is 9.68 Å². The highest BCUT2D eigenvalue weighted by atomic mass is 19.4. The number of carboxylic acids is 1. The molecular weight excluding hydrogens is 301 g/mol. The molecule has 114 valence electrons. The molecule has 0 atom stereocenters. The van der Waals surface area contributed by atoms with Gasteiger partial charge in [0.2, 0.25) is 5.76 Å². The average molecular weight is 310 g/mol. The van der Waals surface area contributed by atoms with Crippen LogP contribution in [0.3, 0.4) is 0 Å². The number of aryl methyl sites for hydroxylation is 1. The summed E-state index contributed by atoms with van der Waals surface area (Å²) in [5.41, 5.74) is 0.319. The number of benzene rings is 1. The number of alkyl halides is 3. The van der Waals surface area contributed by atoms with Gasteiger partial charge in [-0.25, -0.2) is 4.79 Å². The second-order valence-electron chi connectivity index (χ2n) is 4.74. The van der Waals surface area contributed by atoms with Crippen molar-refractivity contribution in [2.45, 2.75) is 6.18 Å². The number of carbonyl (C=O) groups is 1. The Hall–Kier alpha value is -2.77. The minimum atomic E-state index is -4.43. The Morgan fingerprint density at radius 3 is 2.59 bits per heavy atom. The van der Waals surface area contributed by atoms with E-state index in [0.717, 1.165) is 12.1 Å². The fourth-order valence-electron chi connectivity index (χ4n) is 2.25. The number of aromatic carboxylic acids is 1. The first kappa shape index (κ1) is 14.2. The van der Waals surface area contributed by atoms with Crippen LogP contribution in [0.2, 0.25) is 0 Å². The molecule has 3 rings (SSSR count). The highest BCUT2D eigenvalue weighted by Crippen LogP contribution is 2.34. The van der Waals surface area contributed by atoms with Gasteiger partial charge in [0.25, 0.3) is 0 Å². The Kier molecular flexibility index (Phi) is 2.98. The second kappa shape index (κ2) is 4.62. The fraction of sp³-hybridized carbons (Fsp3) is 0.143. The molecule has 2 heterocycles. The lowest BCUT2D eigenvalue weighted by Gasteiger charge is -2.07. The number of fused-ring (bicyclic) bond motifs is 1. The lowest BCUT2D eigenvalue weighted by atomic mass is 10.1. The van der Waals surface area contributed by atoms with Gasteiger partial charge in [0.05, 0.1) is 11.3 Å². The van der Waals surface area contributed by atoms with E-state index in [1.165, 1.54) is 16.7 Å². The van der Waals surface area contributed by atoms with Gasteiger partial charge >= 0.3 is 12.1 Å². The van der Waals surface area contributed by atoms with Gasteiger partial charge in [-0.3, -0.25) is 0 Å². The first-order chi connectivity index (χ1) is 10.3. The van der Waals surface area contributed by atoms with E-state index >= 15 is 0 Å². The van der Waals surface area contributed by atoms with E-state index in [1.54, 1.807) is 13.1 Å². The van der Waals surface area contributed by atoms with Crippen LogP contribution in [0, 0.1) is 0 Å². The zero-order valence-corrected chi connectivity index (χ0v) is 11.2. The first-order valence-electron chi connectivity index (χ1n) is 6.14. The SMILES string of the molecule is Cn1c(-c2cc(C(=O)O)on2)cc2ccc(C(F)(F)F)cc21. The molecule has 0 aliphatic rings. The normalized spacial score (nSPS) is 12.0. The van der Waals surface area contributed by atoms with Gasteiger partial charge in [-0.1, -0.05) is 11.2 Å². The number of carboxylic acid groups (broad SMARTS) is 1. The van der Waals surface area contributed by atoms with Crippen molar-refractivity contribution in [2.24, 2.45) is 7.05 Å². The maximum Gasteiger partial charge on any atom is 0.416 e. The van der Waals surface area contributed by atoms with E-state index in [1.807, 2.05) is 0 Å². The van der Waals surface area contributed by atoms with Crippen LogP contribution in [0.4, 0.5) is 13.2 Å². The minimum absolute atomic E-state index is 0.240. The molecule has 0 fully saturated rings. The van der Waals surface area contributed by atoms with Crippen molar-refractivity contribution in [1.82, 2.24) is 9.72 Å². The molecule has 1 N–H and O–H groups in total. The van der Waals surface area contributed by atoms with Crippen LogP contribution in [-0.4, -0.2) is 20.8 Å². The van der Waals surface area contributed by atoms with E-state index in [4.69, 9.17) is 5.11 Å². The number of nitrogens with zero attached hydrogens (tertiary/aromatic N) is 2. The van der Waals surface area contributed by atoms with Crippen LogP contribution >= 0.6 is 0 Å². The van der Waals surface area contributed by atoms with Crippen molar-refractivity contribution in [2.75, 3.05) is 0 Å². The summed E-state index contributed by atoms with van der Waals surface area (Å²) >= 11 is 0. The Bertz CT molecular complexity index is 877. The Labute approximate surface area is 121 Å². The molecule has 22 heavy (non-hydrogen) atoms. The van der Waals surface area contributed by atoms with Gasteiger partial charge in [-0.2, -0.15) is 13.2 Å². The van der Waals surface area contributed by atoms with Crippen LogP contribution in [0.5, 0.6) is 0 Å². The lowest BCUT2D eigenvalue weighted by molar-refractivity contribution is -0.137. The monoisotopic (exact) mass is 310 g/mol. The Morgan fingerprint density at radius 1 is 1.27 bits per heavy atom. The van der Waals surface area contributed by atoms with E-state index in [0.29, 0.717) is 16.6 Å². The third-order valence-electron chi connectivity index (χ3n) is 3.36. The van der Waals surface area contributed by atoms with Gasteiger partial charge in [-0.05, 0) is 18.2 Å². The van der Waals surface area contributed by atoms with Gasteiger partial charge in [0.1, 0.15) is 5.69 Å². The molecule has 0 bridgehead atoms. The van der Waals surface area contributed by atoms with Crippen LogP contribution in [0.1, 0.15) is 16.1 Å². The van der Waals surface area contributed by atoms with Gasteiger partial charge in [0.15, 0.2) is 0 Å². The molecule has 0 aliphatic heterocycles. The first-order valence-corrected chi connectivity index (χ1v) is 6.14. The summed E-state index contributed by atoms with van der Waals surface area (Å²) < 4.78 is 44.5. The van der Waals surface area contributed by atoms with Crippen molar-refractivity contribution >= 4 is 16.9 Å². The molecule has 0 saturated heterocycles. The average Bonchev–Trinajstić information content (AvgIpc) is 3.03. The van der Waals surface area contributed by atoms with Crippen LogP contribution in [0.25, 0.3) is 22.3 Å². The molecule has 0 spiro atoms. The van der Waals surface area contributed by atoms with E-state index < -0.39 is 17.7 Å². The standard InChI is InChI=1S/C14H9F3N2O3/c1-19-10-5-8(14(15,16)17)3-2-7(10)4-11(19)9-6-12(13(20)21)22-18-9/h2-6H,1H3,(H,20,21). The highest BCUT2D eigenvalue weighted by Gasteiger charge is 2.31. The van der Waals surface area contributed by atoms with Crippen molar-refractivity contribution in [3.63, 3.8) is 0 Å².